The summed E-state index contributed by atoms with van der Waals surface area (Å²) in [5, 5.41) is 4.37. The first-order valence-electron chi connectivity index (χ1n) is 8.14. The highest BCUT2D eigenvalue weighted by atomic mass is 35.5. The number of nitrogens with two attached hydrogens (primary N) is 1. The van der Waals surface area contributed by atoms with Crippen molar-refractivity contribution in [1.82, 2.24) is 15.4 Å². The molecule has 1 aromatic carbocycles. The molecule has 1 fully saturated rings. The predicted molar refractivity (Wildman–Crippen MR) is 101 cm³/mol. The zero-order valence-corrected chi connectivity index (χ0v) is 15.0. The van der Waals surface area contributed by atoms with Gasteiger partial charge in [0.25, 0.3) is 5.91 Å². The first-order valence-corrected chi connectivity index (χ1v) is 8.52. The molecule has 2 heterocycles. The van der Waals surface area contributed by atoms with Gasteiger partial charge in [-0.2, -0.15) is 15.1 Å². The number of carbonyl (C=O) groups excluding carboxylic acids is 1. The SMILES string of the molecule is COc1nc(N)nc(N2CCCC2)c1/C=N/NC(=O)c1ccccc1Cl. The van der Waals surface area contributed by atoms with Crippen LogP contribution >= 0.6 is 11.6 Å². The molecule has 1 saturated heterocycles. The van der Waals surface area contributed by atoms with Crippen molar-refractivity contribution in [2.75, 3.05) is 30.8 Å². The van der Waals surface area contributed by atoms with Crippen LogP contribution in [0.4, 0.5) is 11.8 Å². The van der Waals surface area contributed by atoms with Crippen LogP contribution in [0.1, 0.15) is 28.8 Å². The molecular formula is C17H19ClN6O2. The van der Waals surface area contributed by atoms with Gasteiger partial charge in [-0.05, 0) is 25.0 Å². The minimum atomic E-state index is -0.412. The number of carbonyl (C=O) groups is 1. The Bertz CT molecular complexity index is 836. The first-order chi connectivity index (χ1) is 12.6. The van der Waals surface area contributed by atoms with E-state index in [2.05, 4.69) is 25.4 Å². The van der Waals surface area contributed by atoms with E-state index >= 15 is 0 Å². The van der Waals surface area contributed by atoms with Gasteiger partial charge in [-0.25, -0.2) is 5.43 Å². The number of rotatable bonds is 5. The maximum absolute atomic E-state index is 12.2. The molecule has 136 valence electrons. The lowest BCUT2D eigenvalue weighted by atomic mass is 10.2. The number of benzene rings is 1. The third kappa shape index (κ3) is 3.85. The molecule has 0 aliphatic carbocycles. The molecule has 9 heteroatoms. The standard InChI is InChI=1S/C17H19ClN6O2/c1-26-16-12(14(21-17(19)22-16)24-8-4-5-9-24)10-20-23-15(25)11-6-2-3-7-13(11)18/h2-3,6-7,10H,4-5,8-9H2,1H3,(H,23,25)(H2,19,21,22)/b20-10+. The molecule has 1 aliphatic rings. The van der Waals surface area contributed by atoms with E-state index in [0.717, 1.165) is 25.9 Å². The summed E-state index contributed by atoms with van der Waals surface area (Å²) in [5.74, 6) is 0.656. The van der Waals surface area contributed by atoms with Gasteiger partial charge in [-0.1, -0.05) is 23.7 Å². The molecule has 3 N–H and O–H groups in total. The second kappa shape index (κ2) is 8.01. The van der Waals surface area contributed by atoms with E-state index in [0.29, 0.717) is 27.8 Å². The average molecular weight is 375 g/mol. The maximum atomic E-state index is 12.2. The Balaban J connectivity index is 1.85. The summed E-state index contributed by atoms with van der Waals surface area (Å²) in [7, 11) is 1.50. The lowest BCUT2D eigenvalue weighted by Gasteiger charge is -2.19. The van der Waals surface area contributed by atoms with Gasteiger partial charge < -0.3 is 15.4 Å². The van der Waals surface area contributed by atoms with Gasteiger partial charge in [0.05, 0.1) is 29.5 Å². The molecule has 2 aromatic rings. The fraction of sp³-hybridized carbons (Fsp3) is 0.294. The van der Waals surface area contributed by atoms with Crippen molar-refractivity contribution in [3.8, 4) is 5.88 Å². The fourth-order valence-corrected chi connectivity index (χ4v) is 2.97. The molecule has 26 heavy (non-hydrogen) atoms. The summed E-state index contributed by atoms with van der Waals surface area (Å²) in [6.45, 7) is 1.73. The number of hydrogen-bond donors (Lipinski definition) is 2. The summed E-state index contributed by atoms with van der Waals surface area (Å²) in [6.07, 6.45) is 3.61. The number of nitrogen functional groups attached to an aromatic ring is 1. The predicted octanol–water partition coefficient (Wildman–Crippen LogP) is 2.08. The van der Waals surface area contributed by atoms with Crippen LogP contribution in [0.15, 0.2) is 29.4 Å². The van der Waals surface area contributed by atoms with E-state index in [1.54, 1.807) is 24.3 Å². The van der Waals surface area contributed by atoms with Crippen LogP contribution in [0.5, 0.6) is 5.88 Å². The van der Waals surface area contributed by atoms with Gasteiger partial charge in [0.15, 0.2) is 0 Å². The lowest BCUT2D eigenvalue weighted by Crippen LogP contribution is -2.23. The molecular weight excluding hydrogens is 356 g/mol. The Morgan fingerprint density at radius 1 is 1.35 bits per heavy atom. The minimum absolute atomic E-state index is 0.126. The van der Waals surface area contributed by atoms with Crippen molar-refractivity contribution < 1.29 is 9.53 Å². The van der Waals surface area contributed by atoms with Gasteiger partial charge >= 0.3 is 0 Å². The molecule has 0 unspecified atom stereocenters. The number of ether oxygens (including phenoxy) is 1. The summed E-state index contributed by atoms with van der Waals surface area (Å²) >= 11 is 6.02. The van der Waals surface area contributed by atoms with Gasteiger partial charge in [0.1, 0.15) is 5.82 Å². The molecule has 8 nitrogen and oxygen atoms in total. The quantitative estimate of drug-likeness (QED) is 0.613. The minimum Gasteiger partial charge on any atom is -0.480 e. The number of nitrogens with one attached hydrogen (secondary N) is 1. The molecule has 1 amide bonds. The number of methoxy groups -OCH3 is 1. The average Bonchev–Trinajstić information content (AvgIpc) is 3.17. The summed E-state index contributed by atoms with van der Waals surface area (Å²) < 4.78 is 5.30. The van der Waals surface area contributed by atoms with E-state index in [1.807, 2.05) is 0 Å². The van der Waals surface area contributed by atoms with Gasteiger partial charge in [-0.15, -0.1) is 0 Å². The Morgan fingerprint density at radius 2 is 2.08 bits per heavy atom. The summed E-state index contributed by atoms with van der Waals surface area (Å²) in [5.41, 5.74) is 9.14. The fourth-order valence-electron chi connectivity index (χ4n) is 2.75. The van der Waals surface area contributed by atoms with Crippen molar-refractivity contribution >= 4 is 35.5 Å². The lowest BCUT2D eigenvalue weighted by molar-refractivity contribution is 0.0955. The van der Waals surface area contributed by atoms with Crippen LogP contribution in [0, 0.1) is 0 Å². The van der Waals surface area contributed by atoms with Crippen molar-refractivity contribution in [2.24, 2.45) is 5.10 Å². The molecule has 0 atom stereocenters. The van der Waals surface area contributed by atoms with Crippen molar-refractivity contribution in [3.63, 3.8) is 0 Å². The van der Waals surface area contributed by atoms with E-state index in [9.17, 15) is 4.79 Å². The highest BCUT2D eigenvalue weighted by Gasteiger charge is 2.21. The van der Waals surface area contributed by atoms with Crippen LogP contribution in [-0.2, 0) is 0 Å². The molecule has 1 aliphatic heterocycles. The number of anilines is 2. The third-order valence-corrected chi connectivity index (χ3v) is 4.31. The van der Waals surface area contributed by atoms with Crippen LogP contribution in [0.25, 0.3) is 0 Å². The largest absolute Gasteiger partial charge is 0.480 e. The van der Waals surface area contributed by atoms with E-state index < -0.39 is 5.91 Å². The molecule has 0 saturated carbocycles. The molecule has 1 aromatic heterocycles. The first kappa shape index (κ1) is 17.9. The van der Waals surface area contributed by atoms with Crippen LogP contribution in [0.2, 0.25) is 5.02 Å². The highest BCUT2D eigenvalue weighted by molar-refractivity contribution is 6.33. The summed E-state index contributed by atoms with van der Waals surface area (Å²) in [6, 6.07) is 6.74. The smallest absolute Gasteiger partial charge is 0.272 e. The maximum Gasteiger partial charge on any atom is 0.272 e. The van der Waals surface area contributed by atoms with Crippen LogP contribution < -0.4 is 20.8 Å². The second-order valence-corrected chi connectivity index (χ2v) is 6.11. The van der Waals surface area contributed by atoms with Crippen LogP contribution in [0.3, 0.4) is 0 Å². The molecule has 3 rings (SSSR count). The molecule has 0 spiro atoms. The van der Waals surface area contributed by atoms with E-state index in [-0.39, 0.29) is 5.95 Å². The van der Waals surface area contributed by atoms with Crippen LogP contribution in [-0.4, -0.2) is 42.3 Å². The van der Waals surface area contributed by atoms with Crippen molar-refractivity contribution in [3.05, 3.63) is 40.4 Å². The number of hydrazone groups is 1. The van der Waals surface area contributed by atoms with Gasteiger partial charge in [0.2, 0.25) is 11.8 Å². The van der Waals surface area contributed by atoms with Crippen molar-refractivity contribution in [1.29, 1.82) is 0 Å². The monoisotopic (exact) mass is 374 g/mol. The Hall–Kier alpha value is -2.87. The van der Waals surface area contributed by atoms with E-state index in [4.69, 9.17) is 22.1 Å². The van der Waals surface area contributed by atoms with Gasteiger partial charge in [0, 0.05) is 13.1 Å². The Labute approximate surface area is 156 Å². The Kier molecular flexibility index (Phi) is 5.52. The van der Waals surface area contributed by atoms with E-state index in [1.165, 1.54) is 13.3 Å². The number of hydrogen-bond acceptors (Lipinski definition) is 7. The topological polar surface area (TPSA) is 106 Å². The Morgan fingerprint density at radius 3 is 2.77 bits per heavy atom. The zero-order valence-electron chi connectivity index (χ0n) is 14.3. The third-order valence-electron chi connectivity index (χ3n) is 3.99. The second-order valence-electron chi connectivity index (χ2n) is 5.70. The zero-order chi connectivity index (χ0) is 18.5. The highest BCUT2D eigenvalue weighted by Crippen LogP contribution is 2.28. The number of amides is 1. The normalized spacial score (nSPS) is 14.0. The number of nitrogens with zero attached hydrogens (tertiary/aromatic N) is 4. The molecule has 0 radical (unpaired) electrons. The van der Waals surface area contributed by atoms with Gasteiger partial charge in [-0.3, -0.25) is 4.79 Å². The number of aromatic nitrogens is 2. The van der Waals surface area contributed by atoms with Crippen molar-refractivity contribution in [2.45, 2.75) is 12.8 Å². The molecule has 0 bridgehead atoms. The summed E-state index contributed by atoms with van der Waals surface area (Å²) in [4.78, 5) is 22.7. The number of halogens is 1.